The average molecular weight is 470 g/mol. The van der Waals surface area contributed by atoms with Crippen LogP contribution in [0.2, 0.25) is 0 Å². The van der Waals surface area contributed by atoms with Gasteiger partial charge < -0.3 is 19.3 Å². The zero-order chi connectivity index (χ0) is 23.5. The van der Waals surface area contributed by atoms with E-state index in [9.17, 15) is 9.59 Å². The third-order valence-corrected chi connectivity index (χ3v) is 7.26. The molecule has 3 aliphatic rings. The fourth-order valence-electron chi connectivity index (χ4n) is 4.49. The van der Waals surface area contributed by atoms with E-state index in [0.717, 1.165) is 42.4 Å². The SMILES string of the molecule is CCOC(=O)C1=C(C)N=C2SC=C(CC(=O)N3CCC(C)CC3)N2[C@@H]1c1cccc(OC)c1. The van der Waals surface area contributed by atoms with Crippen molar-refractivity contribution in [3.8, 4) is 5.75 Å². The van der Waals surface area contributed by atoms with Gasteiger partial charge in [-0.1, -0.05) is 30.8 Å². The molecule has 0 N–H and O–H groups in total. The van der Waals surface area contributed by atoms with E-state index in [4.69, 9.17) is 14.5 Å². The highest BCUT2D eigenvalue weighted by molar-refractivity contribution is 8.16. The van der Waals surface area contributed by atoms with Crippen molar-refractivity contribution in [1.82, 2.24) is 9.80 Å². The highest BCUT2D eigenvalue weighted by Gasteiger charge is 2.41. The molecule has 1 aromatic rings. The number of thioether (sulfide) groups is 1. The molecule has 3 heterocycles. The molecular weight excluding hydrogens is 438 g/mol. The van der Waals surface area contributed by atoms with Crippen molar-refractivity contribution in [3.63, 3.8) is 0 Å². The number of esters is 1. The minimum Gasteiger partial charge on any atom is -0.497 e. The molecule has 0 aromatic heterocycles. The first-order valence-electron chi connectivity index (χ1n) is 11.5. The first-order valence-corrected chi connectivity index (χ1v) is 12.3. The van der Waals surface area contributed by atoms with Crippen LogP contribution in [0.15, 0.2) is 51.6 Å². The van der Waals surface area contributed by atoms with Crippen LogP contribution < -0.4 is 4.74 Å². The number of methoxy groups -OCH3 is 1. The number of allylic oxidation sites excluding steroid dienone is 1. The Morgan fingerprint density at radius 2 is 2.00 bits per heavy atom. The van der Waals surface area contributed by atoms with Crippen LogP contribution >= 0.6 is 11.8 Å². The molecule has 1 atom stereocenters. The van der Waals surface area contributed by atoms with Gasteiger partial charge in [-0.15, -0.1) is 0 Å². The number of benzene rings is 1. The van der Waals surface area contributed by atoms with Gasteiger partial charge in [-0.25, -0.2) is 9.79 Å². The quantitative estimate of drug-likeness (QED) is 0.572. The number of aliphatic imine (C=N–C) groups is 1. The predicted octanol–water partition coefficient (Wildman–Crippen LogP) is 4.48. The Bertz CT molecular complexity index is 1020. The van der Waals surface area contributed by atoms with Gasteiger partial charge in [0.15, 0.2) is 5.17 Å². The summed E-state index contributed by atoms with van der Waals surface area (Å²) >= 11 is 1.49. The Labute approximate surface area is 199 Å². The van der Waals surface area contributed by atoms with E-state index >= 15 is 0 Å². The molecule has 0 unspecified atom stereocenters. The molecule has 0 spiro atoms. The molecule has 0 saturated carbocycles. The fourth-order valence-corrected chi connectivity index (χ4v) is 5.46. The molecule has 3 aliphatic heterocycles. The van der Waals surface area contributed by atoms with E-state index in [1.165, 1.54) is 11.8 Å². The minimum atomic E-state index is -0.443. The predicted molar refractivity (Wildman–Crippen MR) is 130 cm³/mol. The number of hydrogen-bond acceptors (Lipinski definition) is 7. The molecule has 8 heteroatoms. The van der Waals surface area contributed by atoms with E-state index in [0.29, 0.717) is 22.9 Å². The maximum Gasteiger partial charge on any atom is 0.338 e. The molecule has 7 nitrogen and oxygen atoms in total. The second-order valence-electron chi connectivity index (χ2n) is 8.63. The molecule has 0 bridgehead atoms. The van der Waals surface area contributed by atoms with Crippen LogP contribution in [0.5, 0.6) is 5.75 Å². The Kier molecular flexibility index (Phi) is 7.12. The maximum atomic E-state index is 13.1. The summed E-state index contributed by atoms with van der Waals surface area (Å²) in [5.74, 6) is 1.09. The summed E-state index contributed by atoms with van der Waals surface area (Å²) in [5, 5.41) is 2.75. The van der Waals surface area contributed by atoms with Crippen LogP contribution in [0.3, 0.4) is 0 Å². The first-order chi connectivity index (χ1) is 15.9. The molecule has 176 valence electrons. The standard InChI is InChI=1S/C25H31N3O4S/c1-5-32-24(30)22-17(3)26-25-28(23(22)18-7-6-8-20(13-18)31-4)19(15-33-25)14-21(29)27-11-9-16(2)10-12-27/h6-8,13,15-16,23H,5,9-12,14H2,1-4H3/t23-/m1/s1. The molecule has 33 heavy (non-hydrogen) atoms. The van der Waals surface area contributed by atoms with Crippen molar-refractivity contribution in [2.45, 2.75) is 46.1 Å². The summed E-state index contributed by atoms with van der Waals surface area (Å²) < 4.78 is 10.8. The molecule has 1 saturated heterocycles. The molecule has 1 amide bonds. The van der Waals surface area contributed by atoms with Crippen molar-refractivity contribution < 1.29 is 19.1 Å². The molecule has 0 radical (unpaired) electrons. The van der Waals surface area contributed by atoms with Crippen molar-refractivity contribution in [2.24, 2.45) is 10.9 Å². The number of amides is 1. The maximum absolute atomic E-state index is 13.1. The topological polar surface area (TPSA) is 71.4 Å². The first kappa shape index (κ1) is 23.4. The molecule has 1 fully saturated rings. The largest absolute Gasteiger partial charge is 0.497 e. The van der Waals surface area contributed by atoms with Crippen LogP contribution in [0.25, 0.3) is 0 Å². The molecule has 1 aromatic carbocycles. The molecule has 0 aliphatic carbocycles. The summed E-state index contributed by atoms with van der Waals surface area (Å²) in [6, 6.07) is 7.23. The van der Waals surface area contributed by atoms with Crippen molar-refractivity contribution in [2.75, 3.05) is 26.8 Å². The van der Waals surface area contributed by atoms with Gasteiger partial charge in [0.05, 0.1) is 37.4 Å². The zero-order valence-electron chi connectivity index (χ0n) is 19.7. The van der Waals surface area contributed by atoms with Gasteiger partial charge in [0.1, 0.15) is 5.75 Å². The number of likely N-dealkylation sites (tertiary alicyclic amines) is 1. The van der Waals surface area contributed by atoms with E-state index in [-0.39, 0.29) is 18.9 Å². The normalized spacial score (nSPS) is 20.9. The lowest BCUT2D eigenvalue weighted by Gasteiger charge is -2.37. The van der Waals surface area contributed by atoms with E-state index in [1.54, 1.807) is 14.0 Å². The zero-order valence-corrected chi connectivity index (χ0v) is 20.5. The number of ether oxygens (including phenoxy) is 2. The lowest BCUT2D eigenvalue weighted by atomic mass is 9.93. The van der Waals surface area contributed by atoms with Crippen molar-refractivity contribution >= 4 is 28.8 Å². The number of piperidine rings is 1. The van der Waals surface area contributed by atoms with Gasteiger partial charge in [-0.2, -0.15) is 0 Å². The Morgan fingerprint density at radius 1 is 1.24 bits per heavy atom. The van der Waals surface area contributed by atoms with Gasteiger partial charge in [-0.3, -0.25) is 4.79 Å². The molecular formula is C25H31N3O4S. The fraction of sp³-hybridized carbons (Fsp3) is 0.480. The second kappa shape index (κ2) is 10.0. The number of amidine groups is 1. The summed E-state index contributed by atoms with van der Waals surface area (Å²) in [7, 11) is 1.62. The average Bonchev–Trinajstić information content (AvgIpc) is 3.20. The van der Waals surface area contributed by atoms with Crippen LogP contribution in [0, 0.1) is 5.92 Å². The van der Waals surface area contributed by atoms with Crippen LogP contribution in [-0.4, -0.2) is 53.7 Å². The third-order valence-electron chi connectivity index (χ3n) is 6.37. The summed E-state index contributed by atoms with van der Waals surface area (Å²) in [6.07, 6.45) is 2.35. The van der Waals surface area contributed by atoms with E-state index in [2.05, 4.69) is 6.92 Å². The number of carbonyl (C=O) groups excluding carboxylic acids is 2. The van der Waals surface area contributed by atoms with Gasteiger partial charge in [0.25, 0.3) is 0 Å². The summed E-state index contributed by atoms with van der Waals surface area (Å²) in [4.78, 5) is 34.9. The van der Waals surface area contributed by atoms with Crippen molar-refractivity contribution in [1.29, 1.82) is 0 Å². The van der Waals surface area contributed by atoms with Gasteiger partial charge in [0.2, 0.25) is 5.91 Å². The smallest absolute Gasteiger partial charge is 0.338 e. The molecule has 4 rings (SSSR count). The minimum absolute atomic E-state index is 0.114. The Morgan fingerprint density at radius 3 is 2.70 bits per heavy atom. The number of carbonyl (C=O) groups is 2. The lowest BCUT2D eigenvalue weighted by molar-refractivity contribution is -0.139. The summed E-state index contributed by atoms with van der Waals surface area (Å²) in [6.45, 7) is 7.74. The van der Waals surface area contributed by atoms with Crippen LogP contribution in [0.4, 0.5) is 0 Å². The summed E-state index contributed by atoms with van der Waals surface area (Å²) in [5.41, 5.74) is 2.86. The number of nitrogens with zero attached hydrogens (tertiary/aromatic N) is 3. The van der Waals surface area contributed by atoms with E-state index in [1.807, 2.05) is 46.4 Å². The number of rotatable bonds is 6. The third kappa shape index (κ3) is 4.81. The Hall–Kier alpha value is -2.74. The highest BCUT2D eigenvalue weighted by atomic mass is 32.2. The highest BCUT2D eigenvalue weighted by Crippen LogP contribution is 2.45. The Balaban J connectivity index is 1.68. The van der Waals surface area contributed by atoms with Gasteiger partial charge in [0, 0.05) is 18.8 Å². The van der Waals surface area contributed by atoms with Gasteiger partial charge in [-0.05, 0) is 55.7 Å². The lowest BCUT2D eigenvalue weighted by Crippen LogP contribution is -2.41. The van der Waals surface area contributed by atoms with Crippen LogP contribution in [-0.2, 0) is 14.3 Å². The number of hydrogen-bond donors (Lipinski definition) is 0. The van der Waals surface area contributed by atoms with Crippen molar-refractivity contribution in [3.05, 3.63) is 52.2 Å². The van der Waals surface area contributed by atoms with Crippen LogP contribution in [0.1, 0.15) is 51.6 Å². The van der Waals surface area contributed by atoms with E-state index < -0.39 is 12.0 Å². The second-order valence-corrected chi connectivity index (χ2v) is 9.47. The number of fused-ring (bicyclic) bond motifs is 1. The van der Waals surface area contributed by atoms with Gasteiger partial charge >= 0.3 is 5.97 Å². The monoisotopic (exact) mass is 469 g/mol.